The van der Waals surface area contributed by atoms with Crippen LogP contribution in [0.3, 0.4) is 0 Å². The summed E-state index contributed by atoms with van der Waals surface area (Å²) in [6.07, 6.45) is 0. The van der Waals surface area contributed by atoms with Crippen molar-refractivity contribution in [3.8, 4) is 66.8 Å². The van der Waals surface area contributed by atoms with Crippen molar-refractivity contribution in [2.75, 3.05) is 4.90 Å². The van der Waals surface area contributed by atoms with Crippen molar-refractivity contribution < 1.29 is 0 Å². The summed E-state index contributed by atoms with van der Waals surface area (Å²) in [5.74, 6) is 0. The van der Waals surface area contributed by atoms with Crippen LogP contribution in [-0.2, 0) is 10.8 Å². The minimum absolute atomic E-state index is 0.0385. The maximum absolute atomic E-state index is 2.50. The Labute approximate surface area is 360 Å². The monoisotopic (exact) mass is 781 g/mol. The van der Waals surface area contributed by atoms with Gasteiger partial charge in [-0.3, -0.25) is 0 Å². The van der Waals surface area contributed by atoms with Crippen molar-refractivity contribution in [2.24, 2.45) is 0 Å². The van der Waals surface area contributed by atoms with E-state index in [2.05, 4.69) is 245 Å². The number of hydrogen-bond donors (Lipinski definition) is 0. The Morgan fingerprint density at radius 3 is 1.49 bits per heavy atom. The van der Waals surface area contributed by atoms with Gasteiger partial charge in [0.1, 0.15) is 0 Å². The van der Waals surface area contributed by atoms with E-state index in [0.29, 0.717) is 0 Å². The molecule has 61 heavy (non-hydrogen) atoms. The summed E-state index contributed by atoms with van der Waals surface area (Å²) in [5.41, 5.74) is 23.7. The lowest BCUT2D eigenvalue weighted by molar-refractivity contribution is 0.660. The minimum atomic E-state index is -0.102. The molecule has 0 radical (unpaired) electrons. The zero-order valence-electron chi connectivity index (χ0n) is 35.2. The molecule has 1 nitrogen and oxygen atoms in total. The predicted molar refractivity (Wildman–Crippen MR) is 258 cm³/mol. The first-order valence-corrected chi connectivity index (χ1v) is 21.5. The fourth-order valence-corrected chi connectivity index (χ4v) is 10.4. The summed E-state index contributed by atoms with van der Waals surface area (Å²) >= 11 is 0. The summed E-state index contributed by atoms with van der Waals surface area (Å²) in [6, 6.07) is 78.6. The molecular formula is C60H47N. The van der Waals surface area contributed by atoms with E-state index in [1.54, 1.807) is 0 Å². The molecule has 9 aromatic carbocycles. The third-order valence-electron chi connectivity index (χ3n) is 13.5. The molecule has 0 saturated carbocycles. The number of nitrogens with zero attached hydrogens (tertiary/aromatic N) is 1. The van der Waals surface area contributed by atoms with E-state index >= 15 is 0 Å². The van der Waals surface area contributed by atoms with Crippen LogP contribution >= 0.6 is 0 Å². The fourth-order valence-electron chi connectivity index (χ4n) is 10.4. The van der Waals surface area contributed by atoms with Gasteiger partial charge >= 0.3 is 0 Å². The summed E-state index contributed by atoms with van der Waals surface area (Å²) < 4.78 is 0. The number of para-hydroxylation sites is 2. The van der Waals surface area contributed by atoms with E-state index in [1.807, 2.05) is 0 Å². The van der Waals surface area contributed by atoms with Gasteiger partial charge in [0.15, 0.2) is 0 Å². The molecule has 0 fully saturated rings. The number of rotatable bonds is 7. The van der Waals surface area contributed by atoms with E-state index in [1.165, 1.54) is 89.0 Å². The van der Waals surface area contributed by atoms with Gasteiger partial charge in [0.25, 0.3) is 0 Å². The third kappa shape index (κ3) is 5.91. The second kappa shape index (κ2) is 14.2. The Hall–Kier alpha value is -7.22. The molecule has 0 saturated heterocycles. The van der Waals surface area contributed by atoms with E-state index < -0.39 is 0 Å². The quantitative estimate of drug-likeness (QED) is 0.156. The molecule has 0 aliphatic heterocycles. The van der Waals surface area contributed by atoms with Crippen LogP contribution in [0.5, 0.6) is 0 Å². The average Bonchev–Trinajstić information content (AvgIpc) is 3.69. The number of anilines is 3. The highest BCUT2D eigenvalue weighted by Gasteiger charge is 2.38. The van der Waals surface area contributed by atoms with Crippen LogP contribution in [0.25, 0.3) is 66.8 Å². The molecule has 0 N–H and O–H groups in total. The number of fused-ring (bicyclic) bond motifs is 6. The molecule has 2 aliphatic rings. The Morgan fingerprint density at radius 1 is 0.279 bits per heavy atom. The Balaban J connectivity index is 1.11. The van der Waals surface area contributed by atoms with Crippen LogP contribution in [0.15, 0.2) is 212 Å². The molecule has 292 valence electrons. The van der Waals surface area contributed by atoms with Crippen molar-refractivity contribution in [1.82, 2.24) is 0 Å². The SMILES string of the molecule is CC1(C)c2ccccc2-c2cc(-c3cccc(N(c4ccccc4-c4ccc(-c5ccccc5)cc4)c4ccccc4-c4cccc5c4-c4ccccc4C5(C)C)c3)ccc21. The first-order valence-electron chi connectivity index (χ1n) is 21.5. The summed E-state index contributed by atoms with van der Waals surface area (Å²) in [7, 11) is 0. The van der Waals surface area contributed by atoms with Crippen molar-refractivity contribution >= 4 is 17.1 Å². The highest BCUT2D eigenvalue weighted by atomic mass is 15.1. The lowest BCUT2D eigenvalue weighted by Crippen LogP contribution is -2.15. The highest BCUT2D eigenvalue weighted by molar-refractivity contribution is 6.00. The van der Waals surface area contributed by atoms with Crippen LogP contribution in [0, 0.1) is 0 Å². The summed E-state index contributed by atoms with van der Waals surface area (Å²) in [6.45, 7) is 9.43. The molecule has 0 spiro atoms. The van der Waals surface area contributed by atoms with Crippen molar-refractivity contribution in [3.63, 3.8) is 0 Å². The van der Waals surface area contributed by atoms with Gasteiger partial charge in [-0.25, -0.2) is 0 Å². The smallest absolute Gasteiger partial charge is 0.0540 e. The second-order valence-corrected chi connectivity index (χ2v) is 17.7. The zero-order valence-corrected chi connectivity index (χ0v) is 35.2. The fraction of sp³-hybridized carbons (Fsp3) is 0.100. The Morgan fingerprint density at radius 2 is 0.738 bits per heavy atom. The maximum atomic E-state index is 2.50. The molecule has 0 bridgehead atoms. The van der Waals surface area contributed by atoms with Crippen molar-refractivity contribution in [2.45, 2.75) is 38.5 Å². The van der Waals surface area contributed by atoms with Gasteiger partial charge in [0.2, 0.25) is 0 Å². The Bertz CT molecular complexity index is 3130. The normalized spacial score (nSPS) is 13.8. The van der Waals surface area contributed by atoms with Gasteiger partial charge in [-0.1, -0.05) is 210 Å². The zero-order chi connectivity index (χ0) is 41.3. The van der Waals surface area contributed by atoms with E-state index in [9.17, 15) is 0 Å². The average molecular weight is 782 g/mol. The highest BCUT2D eigenvalue weighted by Crippen LogP contribution is 2.55. The summed E-state index contributed by atoms with van der Waals surface area (Å²) in [5, 5.41) is 0. The van der Waals surface area contributed by atoms with Gasteiger partial charge < -0.3 is 4.90 Å². The van der Waals surface area contributed by atoms with Crippen LogP contribution in [0.4, 0.5) is 17.1 Å². The number of benzene rings is 9. The van der Waals surface area contributed by atoms with Gasteiger partial charge in [-0.05, 0) is 108 Å². The first-order chi connectivity index (χ1) is 29.8. The predicted octanol–water partition coefficient (Wildman–Crippen LogP) is 16.4. The van der Waals surface area contributed by atoms with Gasteiger partial charge in [0, 0.05) is 27.6 Å². The lowest BCUT2D eigenvalue weighted by atomic mass is 9.82. The summed E-state index contributed by atoms with van der Waals surface area (Å²) in [4.78, 5) is 2.50. The first kappa shape index (κ1) is 36.8. The number of hydrogen-bond acceptors (Lipinski definition) is 1. The molecule has 9 aromatic rings. The van der Waals surface area contributed by atoms with E-state index in [-0.39, 0.29) is 10.8 Å². The molecule has 2 aliphatic carbocycles. The molecule has 11 rings (SSSR count). The molecule has 0 unspecified atom stereocenters. The molecule has 0 aromatic heterocycles. The minimum Gasteiger partial charge on any atom is -0.309 e. The Kier molecular flexibility index (Phi) is 8.58. The van der Waals surface area contributed by atoms with Crippen LogP contribution in [-0.4, -0.2) is 0 Å². The molecule has 0 amide bonds. The molecular weight excluding hydrogens is 735 g/mol. The van der Waals surface area contributed by atoms with Gasteiger partial charge in [-0.15, -0.1) is 0 Å². The van der Waals surface area contributed by atoms with Crippen LogP contribution in [0.1, 0.15) is 49.9 Å². The van der Waals surface area contributed by atoms with E-state index in [4.69, 9.17) is 0 Å². The van der Waals surface area contributed by atoms with Gasteiger partial charge in [0.05, 0.1) is 11.4 Å². The standard InChI is InChI=1S/C60H47N/c1-59(2)52-27-12-8-23-47(52)51-39-44(36-37-54(51)59)43-20-16-21-45(38-43)61(56-30-14-10-22-46(56)42-34-32-41(33-35-42)40-18-6-5-7-19-40)57-31-15-11-24-48(57)49-26-17-29-55-58(49)50-25-9-13-28-53(50)60(55,3)4/h5-39H,1-4H3. The van der Waals surface area contributed by atoms with E-state index in [0.717, 1.165) is 17.1 Å². The largest absolute Gasteiger partial charge is 0.309 e. The van der Waals surface area contributed by atoms with Crippen LogP contribution < -0.4 is 4.90 Å². The van der Waals surface area contributed by atoms with Gasteiger partial charge in [-0.2, -0.15) is 0 Å². The molecule has 0 atom stereocenters. The maximum Gasteiger partial charge on any atom is 0.0540 e. The van der Waals surface area contributed by atoms with Crippen molar-refractivity contribution in [3.05, 3.63) is 235 Å². The molecule has 0 heterocycles. The third-order valence-corrected chi connectivity index (χ3v) is 13.5. The second-order valence-electron chi connectivity index (χ2n) is 17.7. The molecule has 1 heteroatoms. The van der Waals surface area contributed by atoms with Crippen LogP contribution in [0.2, 0.25) is 0 Å². The lowest BCUT2D eigenvalue weighted by Gasteiger charge is -2.31. The van der Waals surface area contributed by atoms with Crippen molar-refractivity contribution in [1.29, 1.82) is 0 Å². The topological polar surface area (TPSA) is 3.24 Å².